The van der Waals surface area contributed by atoms with Crippen molar-refractivity contribution < 1.29 is 28.7 Å². The lowest BCUT2D eigenvalue weighted by Gasteiger charge is -2.35. The summed E-state index contributed by atoms with van der Waals surface area (Å²) >= 11 is 5.85. The minimum Gasteiger partial charge on any atom is -0.493 e. The van der Waals surface area contributed by atoms with Crippen molar-refractivity contribution in [2.45, 2.75) is 63.3 Å². The largest absolute Gasteiger partial charge is 0.493 e. The number of hydrogen-bond acceptors (Lipinski definition) is 8. The molecule has 0 bridgehead atoms. The summed E-state index contributed by atoms with van der Waals surface area (Å²) in [6, 6.07) is 21.1. The molecule has 11 nitrogen and oxygen atoms in total. The number of thiophene rings is 1. The highest BCUT2D eigenvalue weighted by Crippen LogP contribution is 2.37. The number of nitrogens with zero attached hydrogens (tertiary/aromatic N) is 2. The molecule has 0 radical (unpaired) electrons. The van der Waals surface area contributed by atoms with Crippen LogP contribution in [0, 0.1) is 0 Å². The lowest BCUT2D eigenvalue weighted by Crippen LogP contribution is -2.43. The second-order valence-corrected chi connectivity index (χ2v) is 17.1. The van der Waals surface area contributed by atoms with Gasteiger partial charge in [-0.05, 0) is 104 Å². The van der Waals surface area contributed by atoms with Crippen LogP contribution in [0.4, 0.5) is 11.4 Å². The second kappa shape index (κ2) is 15.8. The number of rotatable bonds is 12. The SMILES string of the molecule is COc1cc2c(cc1OCCCC(=O)Nc1cc(C(=O)Nc3ccc4sc(C(=O)NCC(C)(C)S)cc4c3)n(C)c1)CC[C@@H]1Cc3ccccc3CN1C2=O. The normalized spacial score (nSPS) is 15.0. The molecule has 1 atom stereocenters. The molecule has 2 aliphatic rings. The summed E-state index contributed by atoms with van der Waals surface area (Å²) in [4.78, 5) is 55.1. The Morgan fingerprint density at radius 2 is 1.75 bits per heavy atom. The molecule has 55 heavy (non-hydrogen) atoms. The van der Waals surface area contributed by atoms with Gasteiger partial charge in [-0.15, -0.1) is 11.3 Å². The quantitative estimate of drug-likeness (QED) is 0.0780. The summed E-state index contributed by atoms with van der Waals surface area (Å²) in [6.45, 7) is 5.18. The van der Waals surface area contributed by atoms with E-state index in [2.05, 4.69) is 46.8 Å². The monoisotopic (exact) mass is 779 g/mol. The molecular weight excluding hydrogens is 735 g/mol. The highest BCUT2D eigenvalue weighted by molar-refractivity contribution is 7.81. The van der Waals surface area contributed by atoms with E-state index in [0.717, 1.165) is 34.9 Å². The van der Waals surface area contributed by atoms with Gasteiger partial charge in [-0.2, -0.15) is 12.6 Å². The van der Waals surface area contributed by atoms with Gasteiger partial charge < -0.3 is 34.9 Å². The molecule has 2 aromatic heterocycles. The molecule has 286 valence electrons. The van der Waals surface area contributed by atoms with Crippen LogP contribution in [0.3, 0.4) is 0 Å². The van der Waals surface area contributed by atoms with Gasteiger partial charge in [-0.25, -0.2) is 0 Å². The molecule has 5 aromatic rings. The smallest absolute Gasteiger partial charge is 0.272 e. The molecule has 4 amide bonds. The first-order valence-electron chi connectivity index (χ1n) is 18.4. The third-order valence-electron chi connectivity index (χ3n) is 9.99. The first-order chi connectivity index (χ1) is 26.3. The molecule has 0 spiro atoms. The Morgan fingerprint density at radius 3 is 2.53 bits per heavy atom. The van der Waals surface area contributed by atoms with E-state index in [9.17, 15) is 19.2 Å². The Labute approximate surface area is 329 Å². The van der Waals surface area contributed by atoms with E-state index >= 15 is 0 Å². The summed E-state index contributed by atoms with van der Waals surface area (Å²) in [5.74, 6) is 0.344. The number of carbonyl (C=O) groups is 4. The Hall–Kier alpha value is -5.27. The van der Waals surface area contributed by atoms with Crippen molar-refractivity contribution in [2.75, 3.05) is 30.9 Å². The second-order valence-electron chi connectivity index (χ2n) is 14.8. The number of anilines is 2. The number of nitrogens with one attached hydrogen (secondary N) is 3. The van der Waals surface area contributed by atoms with Gasteiger partial charge in [0.25, 0.3) is 17.7 Å². The lowest BCUT2D eigenvalue weighted by molar-refractivity contribution is -0.116. The molecule has 4 heterocycles. The lowest BCUT2D eigenvalue weighted by atomic mass is 9.92. The maximum Gasteiger partial charge on any atom is 0.272 e. The van der Waals surface area contributed by atoms with Crippen molar-refractivity contribution in [3.05, 3.63) is 106 Å². The first kappa shape index (κ1) is 38.0. The number of aromatic nitrogens is 1. The fraction of sp³-hybridized carbons (Fsp3) is 0.333. The van der Waals surface area contributed by atoms with Crippen LogP contribution >= 0.6 is 24.0 Å². The number of thiol groups is 1. The Bertz CT molecular complexity index is 2290. The zero-order valence-corrected chi connectivity index (χ0v) is 33.1. The van der Waals surface area contributed by atoms with Crippen LogP contribution < -0.4 is 25.4 Å². The number of aryl methyl sites for hydroxylation is 2. The van der Waals surface area contributed by atoms with E-state index < -0.39 is 0 Å². The van der Waals surface area contributed by atoms with Gasteiger partial charge in [-0.3, -0.25) is 19.2 Å². The van der Waals surface area contributed by atoms with E-state index in [0.29, 0.717) is 58.5 Å². The fourth-order valence-corrected chi connectivity index (χ4v) is 8.19. The van der Waals surface area contributed by atoms with E-state index in [1.165, 1.54) is 22.5 Å². The summed E-state index contributed by atoms with van der Waals surface area (Å²) in [5.41, 5.74) is 5.55. The van der Waals surface area contributed by atoms with Crippen molar-refractivity contribution in [3.8, 4) is 11.5 Å². The number of fused-ring (bicyclic) bond motifs is 4. The number of benzene rings is 3. The van der Waals surface area contributed by atoms with Gasteiger partial charge >= 0.3 is 0 Å². The van der Waals surface area contributed by atoms with Gasteiger partial charge in [0.05, 0.1) is 24.3 Å². The van der Waals surface area contributed by atoms with Crippen LogP contribution in [0.5, 0.6) is 11.5 Å². The van der Waals surface area contributed by atoms with E-state index in [-0.39, 0.29) is 47.4 Å². The predicted molar refractivity (Wildman–Crippen MR) is 219 cm³/mol. The van der Waals surface area contributed by atoms with E-state index in [1.54, 1.807) is 43.1 Å². The van der Waals surface area contributed by atoms with Gasteiger partial charge in [0.1, 0.15) is 5.69 Å². The third kappa shape index (κ3) is 8.68. The van der Waals surface area contributed by atoms with Crippen LogP contribution in [0.2, 0.25) is 0 Å². The average Bonchev–Trinajstić information content (AvgIpc) is 3.72. The molecule has 0 aliphatic carbocycles. The molecule has 3 aromatic carbocycles. The van der Waals surface area contributed by atoms with Gasteiger partial charge in [0, 0.05) is 59.5 Å². The first-order valence-corrected chi connectivity index (χ1v) is 19.6. The molecule has 0 saturated heterocycles. The standard InChI is InChI=1S/C42H45N5O6S2/c1-42(2,54)24-43-40(50)37-19-28-16-29(12-14-36(28)55-37)45-39(49)33-20-30(23-46(33)3)44-38(48)10-7-15-53-35-18-26-11-13-31-17-25-8-5-6-9-27(25)22-47(31)41(51)32(26)21-34(35)52-4/h5-6,8-9,12,14,16,18-21,23,31,54H,7,10-11,13,15,17,22,24H2,1-4H3,(H,43,50)(H,44,48)(H,45,49)/t31-/m1/s1. The molecule has 0 saturated carbocycles. The summed E-state index contributed by atoms with van der Waals surface area (Å²) < 4.78 is 14.0. The van der Waals surface area contributed by atoms with Gasteiger partial charge in [0.15, 0.2) is 11.5 Å². The van der Waals surface area contributed by atoms with Crippen molar-refractivity contribution in [2.24, 2.45) is 7.05 Å². The molecule has 13 heteroatoms. The zero-order valence-electron chi connectivity index (χ0n) is 31.4. The predicted octanol–water partition coefficient (Wildman–Crippen LogP) is 7.25. The van der Waals surface area contributed by atoms with E-state index in [4.69, 9.17) is 9.47 Å². The third-order valence-corrected chi connectivity index (χ3v) is 11.3. The minimum atomic E-state index is -0.336. The molecule has 3 N–H and O–H groups in total. The zero-order chi connectivity index (χ0) is 38.9. The fourth-order valence-electron chi connectivity index (χ4n) is 7.15. The van der Waals surface area contributed by atoms with Gasteiger partial charge in [0.2, 0.25) is 5.91 Å². The molecular formula is C42H45N5O6S2. The van der Waals surface area contributed by atoms with Gasteiger partial charge in [-0.1, -0.05) is 24.3 Å². The highest BCUT2D eigenvalue weighted by Gasteiger charge is 2.34. The summed E-state index contributed by atoms with van der Waals surface area (Å²) in [6.07, 6.45) is 4.81. The number of hydrogen-bond donors (Lipinski definition) is 4. The van der Waals surface area contributed by atoms with Crippen LogP contribution in [-0.2, 0) is 31.2 Å². The van der Waals surface area contributed by atoms with Crippen molar-refractivity contribution in [1.29, 1.82) is 0 Å². The number of amides is 4. The number of carbonyl (C=O) groups excluding carboxylic acids is 4. The summed E-state index contributed by atoms with van der Waals surface area (Å²) in [5, 5.41) is 9.56. The highest BCUT2D eigenvalue weighted by atomic mass is 32.1. The molecule has 0 unspecified atom stereocenters. The van der Waals surface area contributed by atoms with Crippen LogP contribution in [0.1, 0.15) is 80.3 Å². The van der Waals surface area contributed by atoms with Crippen molar-refractivity contribution >= 4 is 69.1 Å². The molecule has 0 fully saturated rings. The number of methoxy groups -OCH3 is 1. The topological polar surface area (TPSA) is 131 Å². The Balaban J connectivity index is 0.911. The Morgan fingerprint density at radius 1 is 0.945 bits per heavy atom. The maximum atomic E-state index is 13.7. The van der Waals surface area contributed by atoms with Crippen molar-refractivity contribution in [3.63, 3.8) is 0 Å². The molecule has 7 rings (SSSR count). The van der Waals surface area contributed by atoms with E-state index in [1.807, 2.05) is 49.1 Å². The van der Waals surface area contributed by atoms with Crippen LogP contribution in [0.25, 0.3) is 10.1 Å². The minimum absolute atomic E-state index is 0.0145. The maximum absolute atomic E-state index is 13.7. The molecule has 2 aliphatic heterocycles. The van der Waals surface area contributed by atoms with Crippen LogP contribution in [0.15, 0.2) is 72.9 Å². The Kier molecular flexibility index (Phi) is 10.9. The number of ether oxygens (including phenoxy) is 2. The van der Waals surface area contributed by atoms with Crippen molar-refractivity contribution in [1.82, 2.24) is 14.8 Å². The van der Waals surface area contributed by atoms with Crippen LogP contribution in [-0.4, -0.2) is 64.1 Å². The summed E-state index contributed by atoms with van der Waals surface area (Å²) in [7, 11) is 3.30. The average molecular weight is 780 g/mol.